The molecule has 5 heteroatoms. The number of rotatable bonds is 7. The number of nitrogens with zero attached hydrogens (tertiary/aromatic N) is 2. The van der Waals surface area contributed by atoms with Crippen molar-refractivity contribution in [3.05, 3.63) is 35.9 Å². The highest BCUT2D eigenvalue weighted by Gasteiger charge is 2.32. The number of amides is 1. The van der Waals surface area contributed by atoms with E-state index in [2.05, 4.69) is 0 Å². The molecule has 0 aliphatic heterocycles. The molecule has 21 heavy (non-hydrogen) atoms. The van der Waals surface area contributed by atoms with Crippen LogP contribution in [0.15, 0.2) is 30.3 Å². The topological polar surface area (TPSA) is 60.9 Å². The maximum atomic E-state index is 12.4. The second-order valence-corrected chi connectivity index (χ2v) is 5.62. The van der Waals surface area contributed by atoms with Crippen molar-refractivity contribution in [2.24, 2.45) is 0 Å². The van der Waals surface area contributed by atoms with E-state index < -0.39 is 5.97 Å². The first-order valence-electron chi connectivity index (χ1n) is 7.25. The molecule has 114 valence electrons. The van der Waals surface area contributed by atoms with E-state index in [4.69, 9.17) is 5.11 Å². The van der Waals surface area contributed by atoms with Crippen LogP contribution in [-0.2, 0) is 9.59 Å². The molecule has 0 radical (unpaired) electrons. The number of carbonyl (C=O) groups excluding carboxylic acids is 1. The number of likely N-dealkylation sites (N-methyl/N-ethyl adjacent to an activating group) is 1. The minimum atomic E-state index is -0.881. The molecule has 5 nitrogen and oxygen atoms in total. The third-order valence-electron chi connectivity index (χ3n) is 4.00. The van der Waals surface area contributed by atoms with Crippen molar-refractivity contribution in [3.8, 4) is 0 Å². The highest BCUT2D eigenvalue weighted by molar-refractivity contribution is 5.79. The molecule has 1 aromatic rings. The minimum Gasteiger partial charge on any atom is -0.480 e. The molecule has 1 amide bonds. The van der Waals surface area contributed by atoms with E-state index in [1.807, 2.05) is 37.3 Å². The molecule has 2 rings (SSSR count). The van der Waals surface area contributed by atoms with E-state index in [1.165, 1.54) is 0 Å². The predicted octanol–water partition coefficient (Wildman–Crippen LogP) is 1.76. The largest absolute Gasteiger partial charge is 0.480 e. The van der Waals surface area contributed by atoms with Crippen molar-refractivity contribution in [2.75, 3.05) is 20.1 Å². The standard InChI is InChI=1S/C16H22N2O3/c1-12(13-6-4-3-5-7-13)17(2)15(19)10-18(11-16(20)21)14-8-9-14/h3-7,12,14H,8-11H2,1-2H3,(H,20,21). The Morgan fingerprint density at radius 2 is 1.86 bits per heavy atom. The molecule has 1 aliphatic carbocycles. The Morgan fingerprint density at radius 3 is 2.38 bits per heavy atom. The molecule has 0 heterocycles. The van der Waals surface area contributed by atoms with Gasteiger partial charge in [0.05, 0.1) is 19.1 Å². The lowest BCUT2D eigenvalue weighted by Gasteiger charge is -2.28. The van der Waals surface area contributed by atoms with Gasteiger partial charge in [0.25, 0.3) is 0 Å². The molecular weight excluding hydrogens is 268 g/mol. The third-order valence-corrected chi connectivity index (χ3v) is 4.00. The Bertz CT molecular complexity index is 500. The fourth-order valence-electron chi connectivity index (χ4n) is 2.38. The number of carboxylic acids is 1. The normalized spacial score (nSPS) is 15.8. The van der Waals surface area contributed by atoms with Gasteiger partial charge in [0.15, 0.2) is 0 Å². The fourth-order valence-corrected chi connectivity index (χ4v) is 2.38. The summed E-state index contributed by atoms with van der Waals surface area (Å²) in [7, 11) is 1.77. The van der Waals surface area contributed by atoms with Crippen molar-refractivity contribution in [1.29, 1.82) is 0 Å². The molecule has 1 aliphatic rings. The number of aliphatic carboxylic acids is 1. The van der Waals surface area contributed by atoms with Crippen LogP contribution in [0.25, 0.3) is 0 Å². The summed E-state index contributed by atoms with van der Waals surface area (Å²) in [6.45, 7) is 2.08. The lowest BCUT2D eigenvalue weighted by Crippen LogP contribution is -2.42. The summed E-state index contributed by atoms with van der Waals surface area (Å²) in [6.07, 6.45) is 1.97. The van der Waals surface area contributed by atoms with Crippen LogP contribution in [0.3, 0.4) is 0 Å². The van der Waals surface area contributed by atoms with Gasteiger partial charge < -0.3 is 10.0 Å². The first-order valence-corrected chi connectivity index (χ1v) is 7.25. The van der Waals surface area contributed by atoms with Gasteiger partial charge >= 0.3 is 5.97 Å². The quantitative estimate of drug-likeness (QED) is 0.831. The van der Waals surface area contributed by atoms with Gasteiger partial charge in [-0.25, -0.2) is 0 Å². The van der Waals surface area contributed by atoms with E-state index in [0.717, 1.165) is 18.4 Å². The SMILES string of the molecule is CC(c1ccccc1)N(C)C(=O)CN(CC(=O)O)C1CC1. The predicted molar refractivity (Wildman–Crippen MR) is 79.9 cm³/mol. The van der Waals surface area contributed by atoms with Crippen LogP contribution in [-0.4, -0.2) is 53.0 Å². The second kappa shape index (κ2) is 6.72. The minimum absolute atomic E-state index is 0.0235. The van der Waals surface area contributed by atoms with Crippen molar-refractivity contribution in [2.45, 2.75) is 31.8 Å². The number of carbonyl (C=O) groups is 2. The van der Waals surface area contributed by atoms with Crippen molar-refractivity contribution in [1.82, 2.24) is 9.80 Å². The van der Waals surface area contributed by atoms with Gasteiger partial charge in [0.1, 0.15) is 0 Å². The number of carboxylic acid groups (broad SMARTS) is 1. The van der Waals surface area contributed by atoms with Crippen molar-refractivity contribution >= 4 is 11.9 Å². The first-order chi connectivity index (χ1) is 9.99. The fraction of sp³-hybridized carbons (Fsp3) is 0.500. The Labute approximate surface area is 125 Å². The third kappa shape index (κ3) is 4.29. The summed E-state index contributed by atoms with van der Waals surface area (Å²) in [4.78, 5) is 26.7. The molecule has 1 fully saturated rings. The Balaban J connectivity index is 1.96. The van der Waals surface area contributed by atoms with Crippen LogP contribution in [0.2, 0.25) is 0 Å². The van der Waals surface area contributed by atoms with Gasteiger partial charge in [-0.05, 0) is 25.3 Å². The summed E-state index contributed by atoms with van der Waals surface area (Å²) in [5, 5.41) is 8.93. The highest BCUT2D eigenvalue weighted by atomic mass is 16.4. The van der Waals surface area contributed by atoms with Crippen LogP contribution in [0.1, 0.15) is 31.4 Å². The average Bonchev–Trinajstić information content (AvgIpc) is 3.30. The van der Waals surface area contributed by atoms with Gasteiger partial charge in [-0.3, -0.25) is 14.5 Å². The van der Waals surface area contributed by atoms with Gasteiger partial charge in [0.2, 0.25) is 5.91 Å². The first kappa shape index (κ1) is 15.5. The lowest BCUT2D eigenvalue weighted by atomic mass is 10.1. The van der Waals surface area contributed by atoms with E-state index in [-0.39, 0.29) is 31.1 Å². The average molecular weight is 290 g/mol. The Morgan fingerprint density at radius 1 is 1.24 bits per heavy atom. The van der Waals surface area contributed by atoms with E-state index in [0.29, 0.717) is 0 Å². The molecule has 0 bridgehead atoms. The van der Waals surface area contributed by atoms with E-state index in [9.17, 15) is 9.59 Å². The van der Waals surface area contributed by atoms with Gasteiger partial charge in [0, 0.05) is 13.1 Å². The van der Waals surface area contributed by atoms with E-state index >= 15 is 0 Å². The molecule has 1 atom stereocenters. The molecule has 0 saturated heterocycles. The van der Waals surface area contributed by atoms with Crippen molar-refractivity contribution in [3.63, 3.8) is 0 Å². The molecule has 1 aromatic carbocycles. The summed E-state index contributed by atoms with van der Waals surface area (Å²) in [5.74, 6) is -0.923. The van der Waals surface area contributed by atoms with Gasteiger partial charge in [-0.15, -0.1) is 0 Å². The number of benzene rings is 1. The summed E-state index contributed by atoms with van der Waals surface area (Å²) in [6, 6.07) is 10.1. The van der Waals surface area contributed by atoms with Crippen molar-refractivity contribution < 1.29 is 14.7 Å². The van der Waals surface area contributed by atoms with E-state index in [1.54, 1.807) is 16.8 Å². The Kier molecular flexibility index (Phi) is 4.96. The van der Waals surface area contributed by atoms with Gasteiger partial charge in [-0.1, -0.05) is 30.3 Å². The number of hydrogen-bond acceptors (Lipinski definition) is 3. The lowest BCUT2D eigenvalue weighted by molar-refractivity contribution is -0.140. The van der Waals surface area contributed by atoms with Crippen LogP contribution >= 0.6 is 0 Å². The van der Waals surface area contributed by atoms with Crippen LogP contribution in [0.4, 0.5) is 0 Å². The zero-order valence-corrected chi connectivity index (χ0v) is 12.5. The molecular formula is C16H22N2O3. The van der Waals surface area contributed by atoms with Gasteiger partial charge in [-0.2, -0.15) is 0 Å². The zero-order valence-electron chi connectivity index (χ0n) is 12.5. The smallest absolute Gasteiger partial charge is 0.317 e. The maximum Gasteiger partial charge on any atom is 0.317 e. The van der Waals surface area contributed by atoms with Crippen LogP contribution in [0.5, 0.6) is 0 Å². The Hall–Kier alpha value is -1.88. The molecule has 1 N–H and O–H groups in total. The van der Waals surface area contributed by atoms with Crippen LogP contribution in [0, 0.1) is 0 Å². The highest BCUT2D eigenvalue weighted by Crippen LogP contribution is 2.27. The summed E-state index contributed by atoms with van der Waals surface area (Å²) in [5.41, 5.74) is 1.07. The number of hydrogen-bond donors (Lipinski definition) is 1. The molecule has 0 aromatic heterocycles. The van der Waals surface area contributed by atoms with Crippen LogP contribution < -0.4 is 0 Å². The summed E-state index contributed by atoms with van der Waals surface area (Å²) < 4.78 is 0. The monoisotopic (exact) mass is 290 g/mol. The maximum absolute atomic E-state index is 12.4. The zero-order chi connectivity index (χ0) is 15.4. The molecule has 1 unspecified atom stereocenters. The molecule has 0 spiro atoms. The summed E-state index contributed by atoms with van der Waals surface area (Å²) >= 11 is 0. The molecule has 1 saturated carbocycles. The second-order valence-electron chi connectivity index (χ2n) is 5.62.